The zero-order valence-electron chi connectivity index (χ0n) is 9.44. The van der Waals surface area contributed by atoms with Gasteiger partial charge in [0.1, 0.15) is 0 Å². The average Bonchev–Trinajstić information content (AvgIpc) is 2.30. The maximum absolute atomic E-state index is 2.78. The second-order valence-electron chi connectivity index (χ2n) is 4.18. The van der Waals surface area contributed by atoms with E-state index in [-0.39, 0.29) is 0 Å². The van der Waals surface area contributed by atoms with Crippen molar-refractivity contribution in [3.63, 3.8) is 0 Å². The summed E-state index contributed by atoms with van der Waals surface area (Å²) in [5.41, 5.74) is 3.01. The Hall–Kier alpha value is 0.783. The van der Waals surface area contributed by atoms with Gasteiger partial charge in [-0.25, -0.2) is 0 Å². The summed E-state index contributed by atoms with van der Waals surface area (Å²) in [6.45, 7) is 0. The van der Waals surface area contributed by atoms with E-state index < -0.39 is 11.9 Å². The molecule has 2 aromatic rings. The molecule has 0 aliphatic carbocycles. The van der Waals surface area contributed by atoms with Crippen LogP contribution in [0, 0.1) is 0 Å². The number of benzene rings is 2. The normalized spacial score (nSPS) is 11.4. The Bertz CT molecular complexity index is 411. The molecule has 88 valence electrons. The summed E-state index contributed by atoms with van der Waals surface area (Å²) in [6.07, 6.45) is 0. The van der Waals surface area contributed by atoms with Crippen LogP contribution in [0.3, 0.4) is 0 Å². The van der Waals surface area contributed by atoms with E-state index in [9.17, 15) is 0 Å². The number of hydrogen-bond donors (Lipinski definition) is 0. The van der Waals surface area contributed by atoms with Crippen molar-refractivity contribution in [3.8, 4) is 0 Å². The SMILES string of the molecule is [I][Zr]([I])([CH2]c1ccccc1)[CH2]c1ccccc1. The van der Waals surface area contributed by atoms with Gasteiger partial charge in [0.15, 0.2) is 0 Å². The van der Waals surface area contributed by atoms with Crippen LogP contribution in [0.25, 0.3) is 0 Å². The minimum atomic E-state index is -2.01. The maximum atomic E-state index is 2.78. The van der Waals surface area contributed by atoms with Crippen LogP contribution in [0.1, 0.15) is 11.1 Å². The third-order valence-corrected chi connectivity index (χ3v) is 16.2. The summed E-state index contributed by atoms with van der Waals surface area (Å²) in [6, 6.07) is 21.8. The van der Waals surface area contributed by atoms with Gasteiger partial charge in [-0.05, 0) is 0 Å². The van der Waals surface area contributed by atoms with Gasteiger partial charge in [-0.15, -0.1) is 0 Å². The molecule has 0 amide bonds. The summed E-state index contributed by atoms with van der Waals surface area (Å²) < 4.78 is 2.62. The van der Waals surface area contributed by atoms with Crippen molar-refractivity contribution in [2.75, 3.05) is 0 Å². The van der Waals surface area contributed by atoms with E-state index in [1.165, 1.54) is 19.4 Å². The van der Waals surface area contributed by atoms with Crippen LogP contribution >= 0.6 is 36.1 Å². The van der Waals surface area contributed by atoms with Crippen molar-refractivity contribution < 1.29 is 11.9 Å². The quantitative estimate of drug-likeness (QED) is 0.478. The van der Waals surface area contributed by atoms with Gasteiger partial charge in [-0.2, -0.15) is 0 Å². The summed E-state index contributed by atoms with van der Waals surface area (Å²) in [5.74, 6) is 0. The summed E-state index contributed by atoms with van der Waals surface area (Å²) in [5, 5.41) is 0. The van der Waals surface area contributed by atoms with Crippen molar-refractivity contribution in [3.05, 3.63) is 71.8 Å². The molecule has 0 nitrogen and oxygen atoms in total. The molecule has 0 heterocycles. The fourth-order valence-corrected chi connectivity index (χ4v) is 16.7. The van der Waals surface area contributed by atoms with Crippen LogP contribution < -0.4 is 0 Å². The molecule has 17 heavy (non-hydrogen) atoms. The van der Waals surface area contributed by atoms with Crippen LogP contribution in [0.5, 0.6) is 0 Å². The van der Waals surface area contributed by atoms with E-state index in [0.29, 0.717) is 0 Å². The number of halogens is 2. The Labute approximate surface area is 126 Å². The molecule has 0 aromatic heterocycles. The van der Waals surface area contributed by atoms with Gasteiger partial charge in [0.05, 0.1) is 0 Å². The van der Waals surface area contributed by atoms with Crippen LogP contribution in [0.4, 0.5) is 0 Å². The van der Waals surface area contributed by atoms with E-state index >= 15 is 0 Å². The van der Waals surface area contributed by atoms with Crippen molar-refractivity contribution in [2.24, 2.45) is 0 Å². The predicted molar refractivity (Wildman–Crippen MR) is 88.3 cm³/mol. The molecule has 0 unspecified atom stereocenters. The van der Waals surface area contributed by atoms with Crippen molar-refractivity contribution >= 4 is 36.1 Å². The van der Waals surface area contributed by atoms with Crippen LogP contribution in [0.15, 0.2) is 60.7 Å². The van der Waals surface area contributed by atoms with Gasteiger partial charge >= 0.3 is 128 Å². The Morgan fingerprint density at radius 1 is 0.647 bits per heavy atom. The predicted octanol–water partition coefficient (Wildman–Crippen LogP) is 5.24. The fraction of sp³-hybridized carbons (Fsp3) is 0.143. The zero-order chi connectivity index (χ0) is 12.1. The minimum absolute atomic E-state index is 1.31. The van der Waals surface area contributed by atoms with Gasteiger partial charge in [-0.1, -0.05) is 0 Å². The van der Waals surface area contributed by atoms with E-state index in [1.54, 1.807) is 0 Å². The van der Waals surface area contributed by atoms with Crippen molar-refractivity contribution in [2.45, 2.75) is 8.26 Å². The van der Waals surface area contributed by atoms with Gasteiger partial charge in [0.25, 0.3) is 0 Å². The molecule has 2 aromatic carbocycles. The standard InChI is InChI=1S/2C7H7.2HI.Zr/c2*1-7-5-3-2-4-6-7;;;/h2*2-6H,1H2;2*1H;/q;;;;+2/p-2. The molecule has 0 aliphatic rings. The Morgan fingerprint density at radius 2 is 1.00 bits per heavy atom. The molecule has 0 atom stereocenters. The third-order valence-electron chi connectivity index (χ3n) is 2.61. The van der Waals surface area contributed by atoms with Crippen LogP contribution in [-0.2, 0) is 20.1 Å². The van der Waals surface area contributed by atoms with E-state index in [2.05, 4.69) is 96.8 Å². The molecular weight excluding hydrogens is 513 g/mol. The van der Waals surface area contributed by atoms with Crippen LogP contribution in [-0.4, -0.2) is 0 Å². The third kappa shape index (κ3) is 5.11. The first kappa shape index (κ1) is 14.2. The molecule has 0 saturated heterocycles. The van der Waals surface area contributed by atoms with Gasteiger partial charge < -0.3 is 0 Å². The van der Waals surface area contributed by atoms with Crippen molar-refractivity contribution in [1.29, 1.82) is 0 Å². The molecule has 0 aliphatic heterocycles. The zero-order valence-corrected chi connectivity index (χ0v) is 16.2. The fourth-order valence-electron chi connectivity index (χ4n) is 1.85. The Morgan fingerprint density at radius 3 is 1.35 bits per heavy atom. The number of rotatable bonds is 4. The van der Waals surface area contributed by atoms with Gasteiger partial charge in [0, 0.05) is 0 Å². The summed E-state index contributed by atoms with van der Waals surface area (Å²) in [7, 11) is 0. The topological polar surface area (TPSA) is 0 Å². The Kier molecular flexibility index (Phi) is 5.68. The first-order valence-corrected chi connectivity index (χ1v) is 23.7. The monoisotopic (exact) mass is 526 g/mol. The van der Waals surface area contributed by atoms with Crippen molar-refractivity contribution in [1.82, 2.24) is 0 Å². The first-order chi connectivity index (χ1) is 8.16. The molecule has 0 bridgehead atoms. The molecule has 0 fully saturated rings. The first-order valence-electron chi connectivity index (χ1n) is 5.61. The van der Waals surface area contributed by atoms with Crippen LogP contribution in [0.2, 0.25) is 0 Å². The molecule has 0 spiro atoms. The summed E-state index contributed by atoms with van der Waals surface area (Å²) >= 11 is 3.55. The molecule has 2 rings (SSSR count). The number of hydrogen-bond acceptors (Lipinski definition) is 0. The molecular formula is C14H14I2Zr. The second kappa shape index (κ2) is 6.81. The van der Waals surface area contributed by atoms with Gasteiger partial charge in [0.2, 0.25) is 0 Å². The van der Waals surface area contributed by atoms with E-state index in [0.717, 1.165) is 0 Å². The molecule has 0 radical (unpaired) electrons. The molecule has 0 N–H and O–H groups in total. The molecule has 0 saturated carbocycles. The summed E-state index contributed by atoms with van der Waals surface area (Å²) in [4.78, 5) is 0. The van der Waals surface area contributed by atoms with E-state index in [1.807, 2.05) is 0 Å². The average molecular weight is 527 g/mol. The molecule has 3 heteroatoms. The second-order valence-corrected chi connectivity index (χ2v) is 46.8. The van der Waals surface area contributed by atoms with Gasteiger partial charge in [-0.3, -0.25) is 0 Å². The Balaban J connectivity index is 2.04. The van der Waals surface area contributed by atoms with E-state index in [4.69, 9.17) is 0 Å².